The van der Waals surface area contributed by atoms with E-state index in [1.165, 1.54) is 12.1 Å². The third-order valence-corrected chi connectivity index (χ3v) is 1.60. The van der Waals surface area contributed by atoms with Crippen molar-refractivity contribution >= 4 is 0 Å². The van der Waals surface area contributed by atoms with Crippen molar-refractivity contribution in [2.24, 2.45) is 0 Å². The fourth-order valence-electron chi connectivity index (χ4n) is 0.987. The van der Waals surface area contributed by atoms with Crippen LogP contribution in [0.25, 0.3) is 0 Å². The van der Waals surface area contributed by atoms with Crippen molar-refractivity contribution in [2.45, 2.75) is 20.3 Å². The molecule has 66 valence electrons. The summed E-state index contributed by atoms with van der Waals surface area (Å²) in [4.78, 5) is 0. The maximum absolute atomic E-state index is 12.6. The molecule has 12 heavy (non-hydrogen) atoms. The number of hydrogen-bond donors (Lipinski definition) is 0. The minimum Gasteiger partial charge on any atom is -0.493 e. The number of aryl methyl sites for hydroxylation is 1. The molecule has 0 fully saturated rings. The van der Waals surface area contributed by atoms with E-state index in [1.807, 2.05) is 13.8 Å². The van der Waals surface area contributed by atoms with Gasteiger partial charge in [-0.25, -0.2) is 4.39 Å². The average molecular weight is 168 g/mol. The first-order chi connectivity index (χ1) is 5.74. The lowest BCUT2D eigenvalue weighted by atomic mass is 10.2. The Balaban J connectivity index is 2.72. The van der Waals surface area contributed by atoms with Gasteiger partial charge in [-0.1, -0.05) is 6.92 Å². The van der Waals surface area contributed by atoms with Gasteiger partial charge in [0.1, 0.15) is 11.6 Å². The van der Waals surface area contributed by atoms with Gasteiger partial charge in [-0.05, 0) is 37.1 Å². The molecule has 0 N–H and O–H groups in total. The summed E-state index contributed by atoms with van der Waals surface area (Å²) in [5.74, 6) is 0.564. The van der Waals surface area contributed by atoms with E-state index < -0.39 is 0 Å². The first-order valence-electron chi connectivity index (χ1n) is 4.13. The third-order valence-electron chi connectivity index (χ3n) is 1.60. The Morgan fingerprint density at radius 3 is 2.75 bits per heavy atom. The first-order valence-corrected chi connectivity index (χ1v) is 4.13. The smallest absolute Gasteiger partial charge is 0.123 e. The molecule has 1 nitrogen and oxygen atoms in total. The van der Waals surface area contributed by atoms with Gasteiger partial charge in [0, 0.05) is 0 Å². The van der Waals surface area contributed by atoms with Crippen LogP contribution in [0, 0.1) is 12.7 Å². The monoisotopic (exact) mass is 168 g/mol. The molecule has 0 amide bonds. The third kappa shape index (κ3) is 2.22. The van der Waals surface area contributed by atoms with E-state index in [9.17, 15) is 4.39 Å². The maximum atomic E-state index is 12.6. The van der Waals surface area contributed by atoms with Crippen molar-refractivity contribution in [1.29, 1.82) is 0 Å². The molecule has 1 rings (SSSR count). The Hall–Kier alpha value is -1.05. The molecule has 1 aromatic rings. The van der Waals surface area contributed by atoms with Gasteiger partial charge in [0.05, 0.1) is 6.61 Å². The van der Waals surface area contributed by atoms with Crippen LogP contribution in [0.15, 0.2) is 18.2 Å². The van der Waals surface area contributed by atoms with Gasteiger partial charge >= 0.3 is 0 Å². The Morgan fingerprint density at radius 2 is 2.17 bits per heavy atom. The molecule has 0 atom stereocenters. The predicted octanol–water partition coefficient (Wildman–Crippen LogP) is 2.92. The van der Waals surface area contributed by atoms with Gasteiger partial charge in [-0.2, -0.15) is 0 Å². The highest BCUT2D eigenvalue weighted by molar-refractivity contribution is 5.32. The number of hydrogen-bond acceptors (Lipinski definition) is 1. The maximum Gasteiger partial charge on any atom is 0.123 e. The van der Waals surface area contributed by atoms with Crippen LogP contribution in [0.4, 0.5) is 4.39 Å². The molecule has 0 aromatic heterocycles. The van der Waals surface area contributed by atoms with Gasteiger partial charge in [-0.3, -0.25) is 0 Å². The van der Waals surface area contributed by atoms with Crippen LogP contribution in [0.3, 0.4) is 0 Å². The van der Waals surface area contributed by atoms with Crippen LogP contribution in [0.5, 0.6) is 5.75 Å². The predicted molar refractivity (Wildman–Crippen MR) is 46.9 cm³/mol. The molecule has 0 heterocycles. The van der Waals surface area contributed by atoms with Crippen molar-refractivity contribution in [2.75, 3.05) is 6.61 Å². The summed E-state index contributed by atoms with van der Waals surface area (Å²) in [6, 6.07) is 4.56. The molecule has 0 spiro atoms. The normalized spacial score (nSPS) is 9.92. The zero-order valence-electron chi connectivity index (χ0n) is 7.43. The van der Waals surface area contributed by atoms with Crippen LogP contribution in [0.2, 0.25) is 0 Å². The molecular weight excluding hydrogens is 155 g/mol. The SMILES string of the molecule is CCCOc1ccc(F)cc1C. The second-order valence-corrected chi connectivity index (χ2v) is 2.76. The Kier molecular flexibility index (Phi) is 3.09. The number of rotatable bonds is 3. The summed E-state index contributed by atoms with van der Waals surface area (Å²) in [6.07, 6.45) is 0.969. The van der Waals surface area contributed by atoms with Gasteiger partial charge in [0.2, 0.25) is 0 Å². The van der Waals surface area contributed by atoms with Gasteiger partial charge in [-0.15, -0.1) is 0 Å². The number of benzene rings is 1. The molecule has 0 saturated carbocycles. The minimum atomic E-state index is -0.212. The van der Waals surface area contributed by atoms with E-state index in [4.69, 9.17) is 4.74 Å². The molecule has 0 aliphatic heterocycles. The average Bonchev–Trinajstić information content (AvgIpc) is 2.03. The Morgan fingerprint density at radius 1 is 1.42 bits per heavy atom. The fraction of sp³-hybridized carbons (Fsp3) is 0.400. The van der Waals surface area contributed by atoms with Crippen molar-refractivity contribution < 1.29 is 9.13 Å². The summed E-state index contributed by atoms with van der Waals surface area (Å²) in [5, 5.41) is 0. The molecule has 0 saturated heterocycles. The molecule has 0 aliphatic rings. The van der Waals surface area contributed by atoms with E-state index in [-0.39, 0.29) is 5.82 Å². The minimum absolute atomic E-state index is 0.212. The first kappa shape index (κ1) is 9.04. The van der Waals surface area contributed by atoms with E-state index in [0.29, 0.717) is 6.61 Å². The number of halogens is 1. The molecule has 2 heteroatoms. The quantitative estimate of drug-likeness (QED) is 0.674. The standard InChI is InChI=1S/C10H13FO/c1-3-6-12-10-5-4-9(11)7-8(10)2/h4-5,7H,3,6H2,1-2H3. The van der Waals surface area contributed by atoms with E-state index in [1.54, 1.807) is 6.07 Å². The topological polar surface area (TPSA) is 9.23 Å². The lowest BCUT2D eigenvalue weighted by Gasteiger charge is -2.06. The zero-order chi connectivity index (χ0) is 8.97. The zero-order valence-corrected chi connectivity index (χ0v) is 7.43. The summed E-state index contributed by atoms with van der Waals surface area (Å²) in [5.41, 5.74) is 0.850. The molecular formula is C10H13FO. The highest BCUT2D eigenvalue weighted by Gasteiger charge is 1.99. The van der Waals surface area contributed by atoms with E-state index in [2.05, 4.69) is 0 Å². The van der Waals surface area contributed by atoms with Gasteiger partial charge in [0.15, 0.2) is 0 Å². The van der Waals surface area contributed by atoms with Crippen LogP contribution in [-0.4, -0.2) is 6.61 Å². The van der Waals surface area contributed by atoms with Crippen LogP contribution in [0.1, 0.15) is 18.9 Å². The second kappa shape index (κ2) is 4.10. The van der Waals surface area contributed by atoms with E-state index in [0.717, 1.165) is 17.7 Å². The van der Waals surface area contributed by atoms with Crippen molar-refractivity contribution in [1.82, 2.24) is 0 Å². The molecule has 0 unspecified atom stereocenters. The summed E-state index contributed by atoms with van der Waals surface area (Å²) >= 11 is 0. The summed E-state index contributed by atoms with van der Waals surface area (Å²) < 4.78 is 18.0. The fourth-order valence-corrected chi connectivity index (χ4v) is 0.987. The highest BCUT2D eigenvalue weighted by atomic mass is 19.1. The van der Waals surface area contributed by atoms with Crippen LogP contribution < -0.4 is 4.74 Å². The van der Waals surface area contributed by atoms with Crippen molar-refractivity contribution in [3.63, 3.8) is 0 Å². The Labute approximate surface area is 72.2 Å². The lowest BCUT2D eigenvalue weighted by molar-refractivity contribution is 0.315. The second-order valence-electron chi connectivity index (χ2n) is 2.76. The van der Waals surface area contributed by atoms with Crippen LogP contribution in [-0.2, 0) is 0 Å². The summed E-state index contributed by atoms with van der Waals surface area (Å²) in [7, 11) is 0. The van der Waals surface area contributed by atoms with Gasteiger partial charge < -0.3 is 4.74 Å². The molecule has 0 aliphatic carbocycles. The molecule has 1 aromatic carbocycles. The lowest BCUT2D eigenvalue weighted by Crippen LogP contribution is -1.96. The highest BCUT2D eigenvalue weighted by Crippen LogP contribution is 2.18. The van der Waals surface area contributed by atoms with Crippen LogP contribution >= 0.6 is 0 Å². The van der Waals surface area contributed by atoms with E-state index >= 15 is 0 Å². The molecule has 0 radical (unpaired) electrons. The van der Waals surface area contributed by atoms with Gasteiger partial charge in [0.25, 0.3) is 0 Å². The van der Waals surface area contributed by atoms with Crippen molar-refractivity contribution in [3.05, 3.63) is 29.6 Å². The van der Waals surface area contributed by atoms with Crippen molar-refractivity contribution in [3.8, 4) is 5.75 Å². The summed E-state index contributed by atoms with van der Waals surface area (Å²) in [6.45, 7) is 4.57. The Bertz CT molecular complexity index is 258. The number of ether oxygens (including phenoxy) is 1. The largest absolute Gasteiger partial charge is 0.493 e. The molecule has 0 bridgehead atoms.